The van der Waals surface area contributed by atoms with E-state index in [-0.39, 0.29) is 11.4 Å². The molecule has 6 heteroatoms. The van der Waals surface area contributed by atoms with E-state index in [9.17, 15) is 4.79 Å². The van der Waals surface area contributed by atoms with E-state index in [2.05, 4.69) is 15.9 Å². The summed E-state index contributed by atoms with van der Waals surface area (Å²) in [6, 6.07) is 11.6. The lowest BCUT2D eigenvalue weighted by molar-refractivity contribution is -0.125. The van der Waals surface area contributed by atoms with Crippen LogP contribution >= 0.6 is 39.9 Å². The van der Waals surface area contributed by atoms with Gasteiger partial charge in [0, 0.05) is 21.7 Å². The molecule has 0 spiro atoms. The van der Waals surface area contributed by atoms with Crippen LogP contribution in [0, 0.1) is 0 Å². The lowest BCUT2D eigenvalue weighted by Crippen LogP contribution is -2.44. The summed E-state index contributed by atoms with van der Waals surface area (Å²) in [6.45, 7) is 5.91. The molecule has 1 fully saturated rings. The van der Waals surface area contributed by atoms with Crippen molar-refractivity contribution in [3.05, 3.63) is 51.5 Å². The summed E-state index contributed by atoms with van der Waals surface area (Å²) < 4.78 is 7.46. The van der Waals surface area contributed by atoms with Crippen molar-refractivity contribution in [3.63, 3.8) is 0 Å². The number of benzene rings is 1. The maximum atomic E-state index is 12.6. The summed E-state index contributed by atoms with van der Waals surface area (Å²) in [4.78, 5) is 14.8. The Morgan fingerprint density at radius 2 is 1.83 bits per heavy atom. The molecule has 0 radical (unpaired) electrons. The van der Waals surface area contributed by atoms with E-state index in [1.165, 1.54) is 11.8 Å². The number of thioether (sulfide) groups is 1. The van der Waals surface area contributed by atoms with E-state index >= 15 is 0 Å². The van der Waals surface area contributed by atoms with E-state index in [1.807, 2.05) is 57.2 Å². The Morgan fingerprint density at radius 3 is 2.42 bits per heavy atom. The third-order valence-electron chi connectivity index (χ3n) is 3.49. The Morgan fingerprint density at radius 1 is 1.17 bits per heavy atom. The number of nitrogens with zero attached hydrogens (tertiary/aromatic N) is 1. The fourth-order valence-corrected chi connectivity index (χ4v) is 4.26. The highest BCUT2D eigenvalue weighted by atomic mass is 79.9. The van der Waals surface area contributed by atoms with Crippen molar-refractivity contribution in [1.29, 1.82) is 0 Å². The second-order valence-electron chi connectivity index (χ2n) is 6.40. The van der Waals surface area contributed by atoms with E-state index < -0.39 is 0 Å². The topological polar surface area (TPSA) is 33.5 Å². The van der Waals surface area contributed by atoms with Gasteiger partial charge in [-0.15, -0.1) is 0 Å². The molecule has 0 saturated carbocycles. The van der Waals surface area contributed by atoms with Gasteiger partial charge in [-0.3, -0.25) is 9.69 Å². The molecule has 3 nitrogen and oxygen atoms in total. The maximum absolute atomic E-state index is 12.6. The van der Waals surface area contributed by atoms with E-state index in [4.69, 9.17) is 16.6 Å². The van der Waals surface area contributed by atoms with Crippen molar-refractivity contribution in [2.45, 2.75) is 26.3 Å². The minimum Gasteiger partial charge on any atom is -0.457 e. The molecule has 0 bridgehead atoms. The highest BCUT2D eigenvalue weighted by Gasteiger charge is 2.39. The van der Waals surface area contributed by atoms with Gasteiger partial charge in [0.05, 0.1) is 4.91 Å². The van der Waals surface area contributed by atoms with Gasteiger partial charge in [0.25, 0.3) is 5.91 Å². The van der Waals surface area contributed by atoms with E-state index in [0.29, 0.717) is 15.0 Å². The molecule has 1 aliphatic heterocycles. The van der Waals surface area contributed by atoms with Gasteiger partial charge in [-0.25, -0.2) is 0 Å². The first-order valence-corrected chi connectivity index (χ1v) is 9.41. The molecular formula is C18H16BrNO2S2. The highest BCUT2D eigenvalue weighted by Crippen LogP contribution is 2.37. The van der Waals surface area contributed by atoms with Crippen LogP contribution in [0.3, 0.4) is 0 Å². The fraction of sp³-hybridized carbons (Fsp3) is 0.222. The molecular weight excluding hydrogens is 406 g/mol. The Labute approximate surface area is 159 Å². The molecule has 0 atom stereocenters. The largest absolute Gasteiger partial charge is 0.457 e. The number of rotatable bonds is 2. The Bertz CT molecular complexity index is 831. The van der Waals surface area contributed by atoms with Crippen LogP contribution in [0.25, 0.3) is 17.4 Å². The number of furan rings is 1. The van der Waals surface area contributed by atoms with Gasteiger partial charge in [-0.2, -0.15) is 0 Å². The number of thiocarbonyl (C=S) groups is 1. The predicted molar refractivity (Wildman–Crippen MR) is 107 cm³/mol. The second kappa shape index (κ2) is 6.50. The Kier molecular flexibility index (Phi) is 4.73. The number of hydrogen-bond acceptors (Lipinski definition) is 4. The van der Waals surface area contributed by atoms with Crippen LogP contribution in [0.4, 0.5) is 0 Å². The number of carbonyl (C=O) groups excluding carboxylic acids is 1. The van der Waals surface area contributed by atoms with Gasteiger partial charge >= 0.3 is 0 Å². The summed E-state index contributed by atoms with van der Waals surface area (Å²) in [5.41, 5.74) is 0.655. The van der Waals surface area contributed by atoms with E-state index in [0.717, 1.165) is 15.8 Å². The zero-order chi connectivity index (χ0) is 17.5. The van der Waals surface area contributed by atoms with Gasteiger partial charge in [-0.05, 0) is 45.0 Å². The molecule has 3 rings (SSSR count). The molecule has 1 amide bonds. The van der Waals surface area contributed by atoms with Crippen LogP contribution in [0.5, 0.6) is 0 Å². The van der Waals surface area contributed by atoms with Crippen LogP contribution < -0.4 is 0 Å². The fourth-order valence-electron chi connectivity index (χ4n) is 2.38. The molecule has 0 unspecified atom stereocenters. The molecule has 124 valence electrons. The molecule has 0 N–H and O–H groups in total. The van der Waals surface area contributed by atoms with Crippen LogP contribution in [0.2, 0.25) is 0 Å². The van der Waals surface area contributed by atoms with Crippen molar-refractivity contribution in [3.8, 4) is 11.3 Å². The number of carbonyl (C=O) groups is 1. The Hall–Kier alpha value is -1.37. The zero-order valence-electron chi connectivity index (χ0n) is 13.5. The molecule has 1 aromatic heterocycles. The highest BCUT2D eigenvalue weighted by molar-refractivity contribution is 9.10. The monoisotopic (exact) mass is 421 g/mol. The van der Waals surface area contributed by atoms with Crippen molar-refractivity contribution in [1.82, 2.24) is 4.90 Å². The quantitative estimate of drug-likeness (QED) is 0.459. The Balaban J connectivity index is 1.87. The minimum atomic E-state index is -0.331. The molecule has 0 aliphatic carbocycles. The van der Waals surface area contributed by atoms with Crippen LogP contribution in [-0.2, 0) is 4.79 Å². The smallest absolute Gasteiger partial charge is 0.266 e. The maximum Gasteiger partial charge on any atom is 0.266 e. The van der Waals surface area contributed by atoms with Crippen molar-refractivity contribution < 1.29 is 9.21 Å². The first-order chi connectivity index (χ1) is 11.3. The lowest BCUT2D eigenvalue weighted by atomic mass is 10.1. The second-order valence-corrected chi connectivity index (χ2v) is 8.99. The first kappa shape index (κ1) is 17.5. The predicted octanol–water partition coefficient (Wildman–Crippen LogP) is 5.71. The van der Waals surface area contributed by atoms with Gasteiger partial charge in [0.2, 0.25) is 0 Å². The molecule has 1 aliphatic rings. The van der Waals surface area contributed by atoms with Crippen molar-refractivity contribution >= 4 is 56.2 Å². The zero-order valence-corrected chi connectivity index (χ0v) is 16.7. The van der Waals surface area contributed by atoms with Crippen LogP contribution in [0.15, 0.2) is 50.2 Å². The summed E-state index contributed by atoms with van der Waals surface area (Å²) in [7, 11) is 0. The van der Waals surface area contributed by atoms with Crippen molar-refractivity contribution in [2.75, 3.05) is 0 Å². The molecule has 24 heavy (non-hydrogen) atoms. The summed E-state index contributed by atoms with van der Waals surface area (Å²) >= 11 is 10.1. The normalized spacial score (nSPS) is 17.2. The average Bonchev–Trinajstić information content (AvgIpc) is 3.05. The standard InChI is InChI=1S/C18H16BrNO2S2/c1-18(2,3)20-16(21)15(24-17(20)23)10-13-8-9-14(22-13)11-4-6-12(19)7-5-11/h4-10H,1-3H3. The van der Waals surface area contributed by atoms with Gasteiger partial charge in [0.15, 0.2) is 0 Å². The first-order valence-electron chi connectivity index (χ1n) is 7.39. The average molecular weight is 422 g/mol. The van der Waals surface area contributed by atoms with E-state index in [1.54, 1.807) is 11.0 Å². The summed E-state index contributed by atoms with van der Waals surface area (Å²) in [5, 5.41) is 0. The van der Waals surface area contributed by atoms with Crippen LogP contribution in [-0.4, -0.2) is 20.7 Å². The third kappa shape index (κ3) is 3.50. The van der Waals surface area contributed by atoms with Crippen LogP contribution in [0.1, 0.15) is 26.5 Å². The number of hydrogen-bond donors (Lipinski definition) is 0. The third-order valence-corrected chi connectivity index (χ3v) is 5.32. The van der Waals surface area contributed by atoms with Gasteiger partial charge in [0.1, 0.15) is 15.8 Å². The minimum absolute atomic E-state index is 0.0703. The molecule has 1 saturated heterocycles. The molecule has 1 aromatic carbocycles. The molecule has 2 aromatic rings. The summed E-state index contributed by atoms with van der Waals surface area (Å²) in [5.74, 6) is 1.33. The van der Waals surface area contributed by atoms with Gasteiger partial charge < -0.3 is 4.42 Å². The lowest BCUT2D eigenvalue weighted by Gasteiger charge is -2.30. The summed E-state index contributed by atoms with van der Waals surface area (Å²) in [6.07, 6.45) is 1.76. The number of amides is 1. The molecule has 2 heterocycles. The van der Waals surface area contributed by atoms with Gasteiger partial charge in [-0.1, -0.05) is 52.0 Å². The number of halogens is 1. The SMILES string of the molecule is CC(C)(C)N1C(=O)C(=Cc2ccc(-c3ccc(Br)cc3)o2)SC1=S. The van der Waals surface area contributed by atoms with Crippen molar-refractivity contribution in [2.24, 2.45) is 0 Å².